The molecule has 130 valence electrons. The minimum atomic E-state index is -3.53. The van der Waals surface area contributed by atoms with Gasteiger partial charge in [-0.2, -0.15) is 0 Å². The second kappa shape index (κ2) is 7.64. The normalized spacial score (nSPS) is 13.0. The third-order valence-electron chi connectivity index (χ3n) is 3.12. The lowest BCUT2D eigenvalue weighted by Crippen LogP contribution is -2.24. The number of aromatic nitrogens is 1. The second-order valence-electron chi connectivity index (χ2n) is 5.32. The number of hydrogen-bond acceptors (Lipinski definition) is 6. The number of rotatable bonds is 6. The molecule has 0 radical (unpaired) electrons. The highest BCUT2D eigenvalue weighted by Gasteiger charge is 2.19. The summed E-state index contributed by atoms with van der Waals surface area (Å²) in [6.07, 6.45) is 0. The van der Waals surface area contributed by atoms with E-state index in [0.29, 0.717) is 5.69 Å². The van der Waals surface area contributed by atoms with Gasteiger partial charge in [0.2, 0.25) is 15.9 Å². The number of anilines is 1. The van der Waals surface area contributed by atoms with E-state index in [1.165, 1.54) is 49.3 Å². The van der Waals surface area contributed by atoms with Crippen molar-refractivity contribution < 1.29 is 13.2 Å². The van der Waals surface area contributed by atoms with Crippen LogP contribution in [0.3, 0.4) is 0 Å². The van der Waals surface area contributed by atoms with Gasteiger partial charge < -0.3 is 5.32 Å². The first kappa shape index (κ1) is 18.9. The topological polar surface area (TPSA) is 79.4 Å². The minimum Gasteiger partial charge on any atom is -0.325 e. The van der Waals surface area contributed by atoms with Crippen molar-refractivity contribution in [3.05, 3.63) is 35.3 Å². The highest BCUT2D eigenvalue weighted by Crippen LogP contribution is 2.27. The Morgan fingerprint density at radius 2 is 2.08 bits per heavy atom. The van der Waals surface area contributed by atoms with E-state index in [4.69, 9.17) is 0 Å². The number of carbonyl (C=O) groups excluding carboxylic acids is 1. The van der Waals surface area contributed by atoms with Crippen LogP contribution in [0.4, 0.5) is 5.69 Å². The SMILES string of the molecule is Cc1csc(S[C@H](C)C(=O)Nc2cccc(S(=O)(=O)N(C)C)c2)n1. The number of sulfonamides is 1. The van der Waals surface area contributed by atoms with Gasteiger partial charge in [0.1, 0.15) is 0 Å². The van der Waals surface area contributed by atoms with Crippen molar-refractivity contribution in [1.29, 1.82) is 0 Å². The molecule has 0 aliphatic rings. The summed E-state index contributed by atoms with van der Waals surface area (Å²) in [7, 11) is -0.598. The number of carbonyl (C=O) groups is 1. The third kappa shape index (κ3) is 4.56. The fourth-order valence-electron chi connectivity index (χ4n) is 1.78. The Morgan fingerprint density at radius 1 is 1.38 bits per heavy atom. The van der Waals surface area contributed by atoms with E-state index in [0.717, 1.165) is 14.3 Å². The molecule has 2 aromatic rings. The maximum atomic E-state index is 12.3. The molecule has 1 amide bonds. The van der Waals surface area contributed by atoms with Gasteiger partial charge in [-0.1, -0.05) is 17.8 Å². The zero-order valence-corrected chi connectivity index (χ0v) is 16.3. The molecule has 1 aromatic heterocycles. The maximum Gasteiger partial charge on any atom is 0.242 e. The molecule has 0 bridgehead atoms. The van der Waals surface area contributed by atoms with E-state index in [-0.39, 0.29) is 16.1 Å². The second-order valence-corrected chi connectivity index (χ2v) is 9.92. The number of nitrogens with zero attached hydrogens (tertiary/aromatic N) is 2. The van der Waals surface area contributed by atoms with Gasteiger partial charge in [0, 0.05) is 30.9 Å². The molecule has 0 saturated heterocycles. The van der Waals surface area contributed by atoms with Crippen molar-refractivity contribution in [2.24, 2.45) is 0 Å². The molecule has 6 nitrogen and oxygen atoms in total. The molecule has 0 aliphatic carbocycles. The third-order valence-corrected chi connectivity index (χ3v) is 7.13. The minimum absolute atomic E-state index is 0.140. The molecule has 0 fully saturated rings. The van der Waals surface area contributed by atoms with Crippen LogP contribution in [0.15, 0.2) is 38.9 Å². The molecule has 1 heterocycles. The predicted molar refractivity (Wildman–Crippen MR) is 98.1 cm³/mol. The molecule has 1 atom stereocenters. The van der Waals surface area contributed by atoms with Gasteiger partial charge in [-0.3, -0.25) is 4.79 Å². The first-order chi connectivity index (χ1) is 11.2. The lowest BCUT2D eigenvalue weighted by atomic mass is 10.3. The smallest absolute Gasteiger partial charge is 0.242 e. The molecular weight excluding hydrogens is 366 g/mol. The van der Waals surface area contributed by atoms with Gasteiger partial charge in [-0.25, -0.2) is 17.7 Å². The first-order valence-corrected chi connectivity index (χ1v) is 10.3. The summed E-state index contributed by atoms with van der Waals surface area (Å²) in [5.41, 5.74) is 1.38. The number of hydrogen-bond donors (Lipinski definition) is 1. The molecule has 0 aliphatic heterocycles. The molecule has 0 unspecified atom stereocenters. The molecule has 2 rings (SSSR count). The largest absolute Gasteiger partial charge is 0.325 e. The first-order valence-electron chi connectivity index (χ1n) is 7.12. The van der Waals surface area contributed by atoms with Crippen molar-refractivity contribution in [3.8, 4) is 0 Å². The fraction of sp³-hybridized carbons (Fsp3) is 0.333. The van der Waals surface area contributed by atoms with Gasteiger partial charge in [0.25, 0.3) is 0 Å². The standard InChI is InChI=1S/C15H19N3O3S3/c1-10-9-22-15(16-10)23-11(2)14(19)17-12-6-5-7-13(8-12)24(20,21)18(3)4/h5-9,11H,1-4H3,(H,17,19)/t11-/m1/s1. The van der Waals surface area contributed by atoms with Gasteiger partial charge in [-0.05, 0) is 32.0 Å². The Bertz CT molecular complexity index is 831. The van der Waals surface area contributed by atoms with Crippen LogP contribution in [-0.2, 0) is 14.8 Å². The lowest BCUT2D eigenvalue weighted by Gasteiger charge is -2.14. The number of amides is 1. The van der Waals surface area contributed by atoms with Crippen molar-refractivity contribution in [2.45, 2.75) is 28.3 Å². The maximum absolute atomic E-state index is 12.3. The van der Waals surface area contributed by atoms with Crippen molar-refractivity contribution >= 4 is 44.7 Å². The van der Waals surface area contributed by atoms with E-state index in [1.807, 2.05) is 12.3 Å². The average molecular weight is 386 g/mol. The predicted octanol–water partition coefficient (Wildman–Crippen LogP) is 2.82. The molecule has 24 heavy (non-hydrogen) atoms. The number of benzene rings is 1. The van der Waals surface area contributed by atoms with Crippen molar-refractivity contribution in [1.82, 2.24) is 9.29 Å². The fourth-order valence-corrected chi connectivity index (χ4v) is 4.71. The zero-order valence-electron chi connectivity index (χ0n) is 13.8. The molecule has 0 spiro atoms. The van der Waals surface area contributed by atoms with Gasteiger partial charge >= 0.3 is 0 Å². The molecule has 0 saturated carbocycles. The Balaban J connectivity index is 2.09. The Labute approximate surface area is 150 Å². The Hall–Kier alpha value is -1.42. The lowest BCUT2D eigenvalue weighted by molar-refractivity contribution is -0.115. The van der Waals surface area contributed by atoms with Crippen LogP contribution in [0.1, 0.15) is 12.6 Å². The van der Waals surface area contributed by atoms with E-state index < -0.39 is 10.0 Å². The summed E-state index contributed by atoms with van der Waals surface area (Å²) in [6.45, 7) is 3.69. The summed E-state index contributed by atoms with van der Waals surface area (Å²) in [4.78, 5) is 16.8. The Kier molecular flexibility index (Phi) is 6.02. The number of nitrogens with one attached hydrogen (secondary N) is 1. The van der Waals surface area contributed by atoms with Crippen molar-refractivity contribution in [2.75, 3.05) is 19.4 Å². The van der Waals surface area contributed by atoms with Gasteiger partial charge in [0.05, 0.1) is 10.1 Å². The summed E-state index contributed by atoms with van der Waals surface area (Å²) in [5, 5.41) is 4.34. The summed E-state index contributed by atoms with van der Waals surface area (Å²) in [5.74, 6) is -0.202. The average Bonchev–Trinajstić information content (AvgIpc) is 2.92. The highest BCUT2D eigenvalue weighted by molar-refractivity contribution is 8.02. The molecular formula is C15H19N3O3S3. The van der Waals surface area contributed by atoms with E-state index in [2.05, 4.69) is 10.3 Å². The summed E-state index contributed by atoms with van der Waals surface area (Å²) >= 11 is 2.87. The van der Waals surface area contributed by atoms with Crippen LogP contribution in [0.2, 0.25) is 0 Å². The van der Waals surface area contributed by atoms with Gasteiger partial charge in [0.15, 0.2) is 4.34 Å². The van der Waals surface area contributed by atoms with Crippen LogP contribution < -0.4 is 5.32 Å². The van der Waals surface area contributed by atoms with Crippen LogP contribution in [0, 0.1) is 6.92 Å². The number of aryl methyl sites for hydroxylation is 1. The number of thiazole rings is 1. The zero-order chi connectivity index (χ0) is 17.9. The van der Waals surface area contributed by atoms with Crippen LogP contribution in [0.25, 0.3) is 0 Å². The summed E-state index contributed by atoms with van der Waals surface area (Å²) in [6, 6.07) is 6.23. The van der Waals surface area contributed by atoms with Gasteiger partial charge in [-0.15, -0.1) is 11.3 Å². The van der Waals surface area contributed by atoms with Crippen molar-refractivity contribution in [3.63, 3.8) is 0 Å². The van der Waals surface area contributed by atoms with Crippen LogP contribution in [-0.4, -0.2) is 43.0 Å². The monoisotopic (exact) mass is 385 g/mol. The van der Waals surface area contributed by atoms with E-state index in [9.17, 15) is 13.2 Å². The quantitative estimate of drug-likeness (QED) is 0.774. The molecule has 1 N–H and O–H groups in total. The highest BCUT2D eigenvalue weighted by atomic mass is 32.2. The molecule has 9 heteroatoms. The Morgan fingerprint density at radius 3 is 2.67 bits per heavy atom. The van der Waals surface area contributed by atoms with Crippen LogP contribution in [0.5, 0.6) is 0 Å². The number of thioether (sulfide) groups is 1. The van der Waals surface area contributed by atoms with Crippen LogP contribution >= 0.6 is 23.1 Å². The van der Waals surface area contributed by atoms with E-state index >= 15 is 0 Å². The summed E-state index contributed by atoms with van der Waals surface area (Å²) < 4.78 is 26.3. The molecule has 1 aromatic carbocycles. The van der Waals surface area contributed by atoms with E-state index in [1.54, 1.807) is 19.1 Å².